The van der Waals surface area contributed by atoms with Crippen molar-refractivity contribution in [1.82, 2.24) is 10.6 Å². The number of aliphatic hydroxyl groups is 2. The molecule has 0 spiro atoms. The number of hydrogen-bond acceptors (Lipinski definition) is 5. The van der Waals surface area contributed by atoms with Crippen LogP contribution in [0.25, 0.3) is 0 Å². The zero-order chi connectivity index (χ0) is 12.3. The molecule has 4 N–H and O–H groups in total. The average molecular weight is 244 g/mol. The first-order valence-corrected chi connectivity index (χ1v) is 6.08. The van der Waals surface area contributed by atoms with Gasteiger partial charge in [0.05, 0.1) is 17.7 Å². The fourth-order valence-corrected chi connectivity index (χ4v) is 2.22. The van der Waals surface area contributed by atoms with Gasteiger partial charge in [-0.3, -0.25) is 4.79 Å². The number of carbonyl (C=O) groups is 1. The maximum atomic E-state index is 11.7. The highest BCUT2D eigenvalue weighted by Crippen LogP contribution is 2.19. The molecule has 1 amide bonds. The summed E-state index contributed by atoms with van der Waals surface area (Å²) in [5.41, 5.74) is -0.842. The Balaban J connectivity index is 1.75. The van der Waals surface area contributed by atoms with Gasteiger partial charge in [-0.2, -0.15) is 0 Å². The Bertz CT molecular complexity index is 279. The summed E-state index contributed by atoms with van der Waals surface area (Å²) in [6.07, 6.45) is 1.09. The van der Waals surface area contributed by atoms with Crippen LogP contribution in [0.15, 0.2) is 0 Å². The monoisotopic (exact) mass is 244 g/mol. The molecule has 0 aromatic carbocycles. The second kappa shape index (κ2) is 5.30. The van der Waals surface area contributed by atoms with Crippen molar-refractivity contribution in [3.8, 4) is 0 Å². The minimum Gasteiger partial charge on any atom is -0.392 e. The predicted molar refractivity (Wildman–Crippen MR) is 60.4 cm³/mol. The number of carbonyl (C=O) groups excluding carboxylic acids is 1. The standard InChI is InChI=1S/C11H20N2O4/c14-8-5-9(12-6-8)10(15)13-7-11(16)1-3-17-4-2-11/h8-9,12,14,16H,1-7H2,(H,13,15). The van der Waals surface area contributed by atoms with Crippen LogP contribution in [-0.4, -0.2) is 60.2 Å². The van der Waals surface area contributed by atoms with Gasteiger partial charge in [-0.1, -0.05) is 0 Å². The number of aliphatic hydroxyl groups excluding tert-OH is 1. The van der Waals surface area contributed by atoms with Crippen LogP contribution in [0.5, 0.6) is 0 Å². The lowest BCUT2D eigenvalue weighted by atomic mass is 9.94. The minimum atomic E-state index is -0.842. The van der Waals surface area contributed by atoms with Crippen LogP contribution >= 0.6 is 0 Å². The van der Waals surface area contributed by atoms with Gasteiger partial charge in [0.1, 0.15) is 0 Å². The van der Waals surface area contributed by atoms with Crippen LogP contribution < -0.4 is 10.6 Å². The van der Waals surface area contributed by atoms with Crippen LogP contribution in [0.3, 0.4) is 0 Å². The highest BCUT2D eigenvalue weighted by Gasteiger charge is 2.33. The molecule has 2 heterocycles. The Kier molecular flexibility index (Phi) is 3.98. The third-order valence-corrected chi connectivity index (χ3v) is 3.44. The summed E-state index contributed by atoms with van der Waals surface area (Å²) in [6.45, 7) is 1.78. The van der Waals surface area contributed by atoms with Crippen LogP contribution in [0.4, 0.5) is 0 Å². The number of amides is 1. The van der Waals surface area contributed by atoms with E-state index in [0.717, 1.165) is 0 Å². The summed E-state index contributed by atoms with van der Waals surface area (Å²) < 4.78 is 5.17. The SMILES string of the molecule is O=C(NCC1(O)CCOCC1)C1CC(O)CN1. The molecule has 2 fully saturated rings. The Labute approximate surface area is 100 Å². The van der Waals surface area contributed by atoms with Gasteiger partial charge in [0.2, 0.25) is 5.91 Å². The quantitative estimate of drug-likeness (QED) is 0.478. The molecule has 2 aliphatic heterocycles. The van der Waals surface area contributed by atoms with E-state index in [1.165, 1.54) is 0 Å². The lowest BCUT2D eigenvalue weighted by Gasteiger charge is -2.32. The van der Waals surface area contributed by atoms with E-state index < -0.39 is 11.7 Å². The summed E-state index contributed by atoms with van der Waals surface area (Å²) in [5, 5.41) is 25.1. The van der Waals surface area contributed by atoms with E-state index in [0.29, 0.717) is 39.0 Å². The van der Waals surface area contributed by atoms with Gasteiger partial charge >= 0.3 is 0 Å². The van der Waals surface area contributed by atoms with Crippen molar-refractivity contribution < 1.29 is 19.7 Å². The van der Waals surface area contributed by atoms with Gasteiger partial charge in [0.15, 0.2) is 0 Å². The van der Waals surface area contributed by atoms with Gasteiger partial charge in [0, 0.05) is 39.1 Å². The van der Waals surface area contributed by atoms with E-state index >= 15 is 0 Å². The van der Waals surface area contributed by atoms with Crippen LogP contribution in [0.2, 0.25) is 0 Å². The van der Waals surface area contributed by atoms with Crippen molar-refractivity contribution in [3.05, 3.63) is 0 Å². The molecule has 0 aromatic rings. The minimum absolute atomic E-state index is 0.151. The Hall–Kier alpha value is -0.690. The summed E-state index contributed by atoms with van der Waals surface area (Å²) in [4.78, 5) is 11.7. The Morgan fingerprint density at radius 3 is 2.76 bits per heavy atom. The first-order chi connectivity index (χ1) is 8.09. The average Bonchev–Trinajstić information content (AvgIpc) is 2.74. The molecule has 2 aliphatic rings. The van der Waals surface area contributed by atoms with Crippen LogP contribution in [0.1, 0.15) is 19.3 Å². The maximum absolute atomic E-state index is 11.7. The first kappa shape index (κ1) is 12.8. The van der Waals surface area contributed by atoms with Gasteiger partial charge in [0.25, 0.3) is 0 Å². The molecule has 0 saturated carbocycles. The molecule has 6 heteroatoms. The summed E-state index contributed by atoms with van der Waals surface area (Å²) in [7, 11) is 0. The van der Waals surface area contributed by atoms with E-state index in [9.17, 15) is 15.0 Å². The molecule has 0 aromatic heterocycles. The lowest BCUT2D eigenvalue weighted by Crippen LogP contribution is -2.50. The number of ether oxygens (including phenoxy) is 1. The molecule has 0 radical (unpaired) electrons. The smallest absolute Gasteiger partial charge is 0.237 e. The van der Waals surface area contributed by atoms with E-state index in [-0.39, 0.29) is 18.5 Å². The summed E-state index contributed by atoms with van der Waals surface area (Å²) in [6, 6.07) is -0.339. The van der Waals surface area contributed by atoms with Crippen molar-refractivity contribution in [1.29, 1.82) is 0 Å². The Morgan fingerprint density at radius 2 is 2.18 bits per heavy atom. The molecule has 2 rings (SSSR count). The number of rotatable bonds is 3. The second-order valence-electron chi connectivity index (χ2n) is 4.90. The zero-order valence-electron chi connectivity index (χ0n) is 9.82. The largest absolute Gasteiger partial charge is 0.392 e. The van der Waals surface area contributed by atoms with Gasteiger partial charge < -0.3 is 25.6 Å². The fraction of sp³-hybridized carbons (Fsp3) is 0.909. The number of β-amino-alcohol motifs (C(OH)–C–C–N with tert-alkyl or cyclic N) is 1. The molecular weight excluding hydrogens is 224 g/mol. The van der Waals surface area contributed by atoms with Crippen molar-refractivity contribution in [2.45, 2.75) is 37.0 Å². The predicted octanol–water partition coefficient (Wildman–Crippen LogP) is -1.63. The molecule has 0 bridgehead atoms. The van der Waals surface area contributed by atoms with Gasteiger partial charge in [-0.05, 0) is 6.42 Å². The molecule has 17 heavy (non-hydrogen) atoms. The molecule has 0 aliphatic carbocycles. The second-order valence-corrected chi connectivity index (χ2v) is 4.90. The summed E-state index contributed by atoms with van der Waals surface area (Å²) >= 11 is 0. The highest BCUT2D eigenvalue weighted by atomic mass is 16.5. The van der Waals surface area contributed by atoms with Crippen molar-refractivity contribution in [2.75, 3.05) is 26.3 Å². The third-order valence-electron chi connectivity index (χ3n) is 3.44. The molecule has 2 saturated heterocycles. The molecule has 2 atom stereocenters. The number of nitrogens with one attached hydrogen (secondary N) is 2. The fourth-order valence-electron chi connectivity index (χ4n) is 2.22. The highest BCUT2D eigenvalue weighted by molar-refractivity contribution is 5.82. The first-order valence-electron chi connectivity index (χ1n) is 6.08. The summed E-state index contributed by atoms with van der Waals surface area (Å²) in [5.74, 6) is -0.151. The van der Waals surface area contributed by atoms with Crippen LogP contribution in [0, 0.1) is 0 Å². The van der Waals surface area contributed by atoms with Crippen molar-refractivity contribution in [3.63, 3.8) is 0 Å². The van der Waals surface area contributed by atoms with E-state index in [1.807, 2.05) is 0 Å². The van der Waals surface area contributed by atoms with Crippen molar-refractivity contribution in [2.24, 2.45) is 0 Å². The molecule has 98 valence electrons. The zero-order valence-corrected chi connectivity index (χ0v) is 9.82. The molecule has 6 nitrogen and oxygen atoms in total. The number of hydrogen-bond donors (Lipinski definition) is 4. The van der Waals surface area contributed by atoms with E-state index in [2.05, 4.69) is 10.6 Å². The van der Waals surface area contributed by atoms with Gasteiger partial charge in [-0.15, -0.1) is 0 Å². The third kappa shape index (κ3) is 3.38. The Morgan fingerprint density at radius 1 is 1.47 bits per heavy atom. The molecule has 2 unspecified atom stereocenters. The maximum Gasteiger partial charge on any atom is 0.237 e. The molecular formula is C11H20N2O4. The van der Waals surface area contributed by atoms with E-state index in [1.54, 1.807) is 0 Å². The van der Waals surface area contributed by atoms with Crippen LogP contribution in [-0.2, 0) is 9.53 Å². The van der Waals surface area contributed by atoms with E-state index in [4.69, 9.17) is 4.74 Å². The van der Waals surface area contributed by atoms with Gasteiger partial charge in [-0.25, -0.2) is 0 Å². The normalized spacial score (nSPS) is 32.4. The topological polar surface area (TPSA) is 90.8 Å². The lowest BCUT2D eigenvalue weighted by molar-refractivity contribution is -0.125. The van der Waals surface area contributed by atoms with Crippen molar-refractivity contribution >= 4 is 5.91 Å².